The molecule has 1 aromatic rings. The average Bonchev–Trinajstić information content (AvgIpc) is 1.85. The summed E-state index contributed by atoms with van der Waals surface area (Å²) in [6.07, 6.45) is 0. The van der Waals surface area contributed by atoms with Gasteiger partial charge in [0, 0.05) is 0 Å². The van der Waals surface area contributed by atoms with Crippen molar-refractivity contribution in [3.63, 3.8) is 0 Å². The zero-order valence-corrected chi connectivity index (χ0v) is 7.27. The van der Waals surface area contributed by atoms with Crippen LogP contribution >= 0.6 is 11.6 Å². The number of benzene rings is 1. The topological polar surface area (TPSA) is 9.23 Å². The highest BCUT2D eigenvalue weighted by Gasteiger charge is 2.03. The summed E-state index contributed by atoms with van der Waals surface area (Å²) in [6, 6.07) is 3.50. The van der Waals surface area contributed by atoms with E-state index in [0.717, 1.165) is 5.56 Å². The smallest absolute Gasteiger partial charge is 0.140 e. The molecule has 3 heteroatoms. The molecule has 1 nitrogen and oxygen atoms in total. The lowest BCUT2D eigenvalue weighted by Crippen LogP contribution is -2.03. The van der Waals surface area contributed by atoms with Crippen LogP contribution in [0.3, 0.4) is 0 Å². The molecule has 0 aliphatic carbocycles. The molecule has 11 heavy (non-hydrogen) atoms. The fourth-order valence-corrected chi connectivity index (χ4v) is 1.37. The predicted octanol–water partition coefficient (Wildman–Crippen LogP) is 1.45. The van der Waals surface area contributed by atoms with Gasteiger partial charge in [0.25, 0.3) is 0 Å². The van der Waals surface area contributed by atoms with Crippen LogP contribution in [-0.4, -0.2) is 15.0 Å². The van der Waals surface area contributed by atoms with E-state index in [1.54, 1.807) is 13.2 Å². The largest absolute Gasteiger partial charge is 0.495 e. The van der Waals surface area contributed by atoms with E-state index in [1.165, 1.54) is 0 Å². The Morgan fingerprint density at radius 1 is 1.45 bits per heavy atom. The molecule has 56 valence electrons. The minimum absolute atomic E-state index is 0.560. The third-order valence-corrected chi connectivity index (χ3v) is 1.74. The molecule has 0 aliphatic rings. The summed E-state index contributed by atoms with van der Waals surface area (Å²) in [6.45, 7) is 1.90. The number of halogens is 1. The molecule has 0 fully saturated rings. The number of rotatable bonds is 1. The van der Waals surface area contributed by atoms with Gasteiger partial charge in [-0.3, -0.25) is 0 Å². The zero-order chi connectivity index (χ0) is 8.43. The van der Waals surface area contributed by atoms with Crippen molar-refractivity contribution in [3.05, 3.63) is 22.7 Å². The van der Waals surface area contributed by atoms with Crippen molar-refractivity contribution in [2.45, 2.75) is 6.92 Å². The second kappa shape index (κ2) is 3.18. The standard InChI is InChI=1S/C8H8BClO/c1-5-3-6(9)4-7(10)8(5)11-2/h3-4H,1-2H3. The first kappa shape index (κ1) is 8.47. The first-order valence-corrected chi connectivity index (χ1v) is 3.62. The minimum atomic E-state index is 0.560. The van der Waals surface area contributed by atoms with Crippen LogP contribution < -0.4 is 10.2 Å². The summed E-state index contributed by atoms with van der Waals surface area (Å²) in [4.78, 5) is 0. The second-order valence-corrected chi connectivity index (χ2v) is 2.76. The van der Waals surface area contributed by atoms with Crippen molar-refractivity contribution in [3.8, 4) is 5.75 Å². The molecule has 1 rings (SSSR count). The van der Waals surface area contributed by atoms with Gasteiger partial charge >= 0.3 is 0 Å². The third-order valence-electron chi connectivity index (χ3n) is 1.46. The van der Waals surface area contributed by atoms with E-state index in [9.17, 15) is 0 Å². The fourth-order valence-electron chi connectivity index (χ4n) is 1.02. The second-order valence-electron chi connectivity index (χ2n) is 2.35. The van der Waals surface area contributed by atoms with Crippen molar-refractivity contribution in [1.82, 2.24) is 0 Å². The molecule has 0 aromatic heterocycles. The lowest BCUT2D eigenvalue weighted by atomic mass is 9.94. The molecule has 0 aliphatic heterocycles. The highest BCUT2D eigenvalue weighted by Crippen LogP contribution is 2.25. The Hall–Kier alpha value is -0.625. The summed E-state index contributed by atoms with van der Waals surface area (Å²) in [5, 5.41) is 0.560. The summed E-state index contributed by atoms with van der Waals surface area (Å²) in [7, 11) is 7.13. The summed E-state index contributed by atoms with van der Waals surface area (Å²) in [5.41, 5.74) is 1.62. The van der Waals surface area contributed by atoms with Crippen molar-refractivity contribution in [2.24, 2.45) is 0 Å². The number of hydrogen-bond acceptors (Lipinski definition) is 1. The van der Waals surface area contributed by atoms with Gasteiger partial charge in [0.15, 0.2) is 0 Å². The Morgan fingerprint density at radius 2 is 2.09 bits per heavy atom. The molecule has 0 bridgehead atoms. The first-order chi connectivity index (χ1) is 5.15. The lowest BCUT2D eigenvalue weighted by molar-refractivity contribution is 0.412. The average molecular weight is 166 g/mol. The van der Waals surface area contributed by atoms with Crippen LogP contribution in [-0.2, 0) is 0 Å². The van der Waals surface area contributed by atoms with Crippen molar-refractivity contribution in [2.75, 3.05) is 7.11 Å². The van der Waals surface area contributed by atoms with E-state index in [2.05, 4.69) is 0 Å². The highest BCUT2D eigenvalue weighted by molar-refractivity contribution is 6.37. The third kappa shape index (κ3) is 1.69. The number of hydrogen-bond donors (Lipinski definition) is 0. The molecule has 0 amide bonds. The van der Waals surface area contributed by atoms with Gasteiger partial charge in [-0.2, -0.15) is 0 Å². The molecule has 0 unspecified atom stereocenters. The van der Waals surface area contributed by atoms with Crippen LogP contribution in [0.5, 0.6) is 5.75 Å². The molecule has 0 spiro atoms. The molecule has 0 atom stereocenters. The summed E-state index contributed by atoms with van der Waals surface area (Å²) in [5.74, 6) is 0.695. The SMILES string of the molecule is [B]c1cc(C)c(OC)c(Cl)c1. The van der Waals surface area contributed by atoms with Gasteiger partial charge in [-0.15, -0.1) is 0 Å². The van der Waals surface area contributed by atoms with Crippen molar-refractivity contribution >= 4 is 24.9 Å². The quantitative estimate of drug-likeness (QED) is 0.574. The molecule has 0 heterocycles. The fraction of sp³-hybridized carbons (Fsp3) is 0.250. The Morgan fingerprint density at radius 3 is 2.55 bits per heavy atom. The normalized spacial score (nSPS) is 9.73. The van der Waals surface area contributed by atoms with Gasteiger partial charge in [0.2, 0.25) is 0 Å². The summed E-state index contributed by atoms with van der Waals surface area (Å²) < 4.78 is 5.04. The summed E-state index contributed by atoms with van der Waals surface area (Å²) >= 11 is 5.83. The van der Waals surface area contributed by atoms with Crippen molar-refractivity contribution in [1.29, 1.82) is 0 Å². The number of methoxy groups -OCH3 is 1. The number of ether oxygens (including phenoxy) is 1. The van der Waals surface area contributed by atoms with Crippen LogP contribution in [0.4, 0.5) is 0 Å². The maximum absolute atomic E-state index is 5.83. The highest BCUT2D eigenvalue weighted by atomic mass is 35.5. The molecule has 0 saturated heterocycles. The molecular weight excluding hydrogens is 158 g/mol. The van der Waals surface area contributed by atoms with Gasteiger partial charge in [-0.25, -0.2) is 0 Å². The van der Waals surface area contributed by atoms with Gasteiger partial charge in [-0.1, -0.05) is 23.1 Å². The Balaban J connectivity index is 3.25. The van der Waals surface area contributed by atoms with E-state index in [-0.39, 0.29) is 0 Å². The zero-order valence-electron chi connectivity index (χ0n) is 6.52. The van der Waals surface area contributed by atoms with E-state index in [4.69, 9.17) is 24.2 Å². The predicted molar refractivity (Wildman–Crippen MR) is 48.1 cm³/mol. The van der Waals surface area contributed by atoms with E-state index >= 15 is 0 Å². The van der Waals surface area contributed by atoms with E-state index < -0.39 is 0 Å². The minimum Gasteiger partial charge on any atom is -0.495 e. The molecular formula is C8H8BClO. The number of aryl methyl sites for hydroxylation is 1. The Bertz CT molecular complexity index is 250. The first-order valence-electron chi connectivity index (χ1n) is 3.24. The monoisotopic (exact) mass is 166 g/mol. The molecule has 2 radical (unpaired) electrons. The van der Waals surface area contributed by atoms with Crippen LogP contribution in [0.15, 0.2) is 12.1 Å². The maximum atomic E-state index is 5.83. The van der Waals surface area contributed by atoms with Crippen molar-refractivity contribution < 1.29 is 4.74 Å². The molecule has 1 aromatic carbocycles. The van der Waals surface area contributed by atoms with Gasteiger partial charge in [0.1, 0.15) is 13.6 Å². The Kier molecular flexibility index (Phi) is 2.45. The molecule has 0 saturated carbocycles. The molecule has 0 N–H and O–H groups in total. The van der Waals surface area contributed by atoms with Gasteiger partial charge < -0.3 is 4.74 Å². The van der Waals surface area contributed by atoms with Gasteiger partial charge in [0.05, 0.1) is 12.1 Å². The van der Waals surface area contributed by atoms with Crippen LogP contribution in [0.1, 0.15) is 5.56 Å². The maximum Gasteiger partial charge on any atom is 0.140 e. The van der Waals surface area contributed by atoms with Gasteiger partial charge in [-0.05, 0) is 18.6 Å². The van der Waals surface area contributed by atoms with Crippen LogP contribution in [0.25, 0.3) is 0 Å². The Labute approximate surface area is 72.7 Å². The van der Waals surface area contributed by atoms with Crippen LogP contribution in [0.2, 0.25) is 5.02 Å². The van der Waals surface area contributed by atoms with E-state index in [1.807, 2.05) is 13.0 Å². The van der Waals surface area contributed by atoms with Crippen LogP contribution in [0, 0.1) is 6.92 Å². The lowest BCUT2D eigenvalue weighted by Gasteiger charge is -2.07. The van der Waals surface area contributed by atoms with E-state index in [0.29, 0.717) is 16.2 Å².